The molecule has 0 aromatic carbocycles. The van der Waals surface area contributed by atoms with Gasteiger partial charge in [-0.1, -0.05) is 0 Å². The zero-order valence-corrected chi connectivity index (χ0v) is 15.2. The lowest BCUT2D eigenvalue weighted by Gasteiger charge is -2.11. The van der Waals surface area contributed by atoms with E-state index in [9.17, 15) is 8.42 Å². The number of aromatic nitrogens is 1. The van der Waals surface area contributed by atoms with E-state index < -0.39 is 10.0 Å². The first kappa shape index (κ1) is 18.9. The fraction of sp³-hybridized carbons (Fsp3) is 0.692. The van der Waals surface area contributed by atoms with Gasteiger partial charge in [0.05, 0.1) is 23.0 Å². The number of aliphatic imine (C=N–C) groups is 1. The van der Waals surface area contributed by atoms with Crippen LogP contribution in [0.3, 0.4) is 0 Å². The van der Waals surface area contributed by atoms with E-state index in [-0.39, 0.29) is 5.75 Å². The van der Waals surface area contributed by atoms with Crippen LogP contribution >= 0.6 is 11.3 Å². The summed E-state index contributed by atoms with van der Waals surface area (Å²) in [7, 11) is -3.14. The van der Waals surface area contributed by atoms with Gasteiger partial charge in [-0.05, 0) is 27.7 Å². The third-order valence-electron chi connectivity index (χ3n) is 2.84. The molecule has 0 aliphatic carbocycles. The summed E-state index contributed by atoms with van der Waals surface area (Å²) in [6, 6.07) is 0. The Balaban J connectivity index is 2.50. The van der Waals surface area contributed by atoms with Crippen LogP contribution in [-0.2, 0) is 16.6 Å². The number of sulfonamides is 1. The second-order valence-corrected chi connectivity index (χ2v) is 8.04. The molecule has 3 N–H and O–H groups in total. The van der Waals surface area contributed by atoms with Crippen LogP contribution in [0.5, 0.6) is 0 Å². The second-order valence-electron chi connectivity index (χ2n) is 4.66. The minimum atomic E-state index is -3.14. The van der Waals surface area contributed by atoms with Crippen molar-refractivity contribution >= 4 is 27.3 Å². The van der Waals surface area contributed by atoms with Gasteiger partial charge in [-0.15, -0.1) is 11.3 Å². The molecule has 0 spiro atoms. The number of nitrogens with zero attached hydrogens (tertiary/aromatic N) is 2. The summed E-state index contributed by atoms with van der Waals surface area (Å²) in [5.74, 6) is 0.759. The van der Waals surface area contributed by atoms with Gasteiger partial charge in [0.2, 0.25) is 10.0 Å². The molecule has 0 amide bonds. The fourth-order valence-corrected chi connectivity index (χ4v) is 3.18. The van der Waals surface area contributed by atoms with E-state index in [4.69, 9.17) is 0 Å². The summed E-state index contributed by atoms with van der Waals surface area (Å²) in [6.07, 6.45) is 0. The number of thiazole rings is 1. The molecule has 1 rings (SSSR count). The highest BCUT2D eigenvalue weighted by molar-refractivity contribution is 7.89. The number of hydrogen-bond acceptors (Lipinski definition) is 5. The lowest BCUT2D eigenvalue weighted by atomic mass is 10.4. The average molecular weight is 348 g/mol. The lowest BCUT2D eigenvalue weighted by Crippen LogP contribution is -2.41. The zero-order valence-electron chi connectivity index (χ0n) is 13.6. The SMILES string of the molecule is CCNC(=NCc1sc(C)nc1C)NCCNS(=O)(=O)CC. The first-order chi connectivity index (χ1) is 10.4. The maximum atomic E-state index is 11.3. The van der Waals surface area contributed by atoms with Crippen LogP contribution in [0.25, 0.3) is 0 Å². The van der Waals surface area contributed by atoms with Gasteiger partial charge in [0.1, 0.15) is 0 Å². The molecular weight excluding hydrogens is 322 g/mol. The molecule has 0 aliphatic rings. The topological polar surface area (TPSA) is 95.5 Å². The highest BCUT2D eigenvalue weighted by atomic mass is 32.2. The van der Waals surface area contributed by atoms with Crippen molar-refractivity contribution in [2.45, 2.75) is 34.2 Å². The Hall–Kier alpha value is -1.19. The summed E-state index contributed by atoms with van der Waals surface area (Å²) in [4.78, 5) is 10.0. The molecule has 0 fully saturated rings. The Morgan fingerprint density at radius 1 is 1.23 bits per heavy atom. The maximum absolute atomic E-state index is 11.3. The normalized spacial score (nSPS) is 12.5. The molecule has 22 heavy (non-hydrogen) atoms. The molecule has 1 aromatic heterocycles. The largest absolute Gasteiger partial charge is 0.357 e. The molecule has 0 unspecified atom stereocenters. The van der Waals surface area contributed by atoms with E-state index >= 15 is 0 Å². The predicted octanol–water partition coefficient (Wildman–Crippen LogP) is 0.754. The van der Waals surface area contributed by atoms with Crippen LogP contribution in [0.15, 0.2) is 4.99 Å². The first-order valence-corrected chi connectivity index (χ1v) is 9.77. The molecule has 0 atom stereocenters. The Bertz CT molecular complexity index is 596. The van der Waals surface area contributed by atoms with Crippen molar-refractivity contribution in [3.8, 4) is 0 Å². The van der Waals surface area contributed by atoms with Crippen LogP contribution in [0.4, 0.5) is 0 Å². The minimum absolute atomic E-state index is 0.0885. The molecule has 1 heterocycles. The molecule has 0 saturated carbocycles. The van der Waals surface area contributed by atoms with Gasteiger partial charge in [-0.2, -0.15) is 0 Å². The molecule has 7 nitrogen and oxygen atoms in total. The van der Waals surface area contributed by atoms with Gasteiger partial charge < -0.3 is 10.6 Å². The molecule has 126 valence electrons. The average Bonchev–Trinajstić information content (AvgIpc) is 2.79. The molecular formula is C13H25N5O2S2. The van der Waals surface area contributed by atoms with Crippen LogP contribution in [0.1, 0.15) is 29.4 Å². The Morgan fingerprint density at radius 3 is 2.50 bits per heavy atom. The van der Waals surface area contributed by atoms with E-state index in [1.807, 2.05) is 20.8 Å². The van der Waals surface area contributed by atoms with Crippen molar-refractivity contribution in [2.75, 3.05) is 25.4 Å². The van der Waals surface area contributed by atoms with E-state index in [1.54, 1.807) is 18.3 Å². The van der Waals surface area contributed by atoms with Crippen molar-refractivity contribution in [3.05, 3.63) is 15.6 Å². The van der Waals surface area contributed by atoms with E-state index in [2.05, 4.69) is 25.3 Å². The summed E-state index contributed by atoms with van der Waals surface area (Å²) in [5.41, 5.74) is 1.01. The first-order valence-electron chi connectivity index (χ1n) is 7.30. The number of aryl methyl sites for hydroxylation is 2. The quantitative estimate of drug-likeness (QED) is 0.366. The standard InChI is InChI=1S/C13H25N5O2S2/c1-5-14-13(15-7-8-17-22(19,20)6-2)16-9-12-10(3)18-11(4)21-12/h17H,5-9H2,1-4H3,(H2,14,15,16). The van der Waals surface area contributed by atoms with Crippen molar-refractivity contribution < 1.29 is 8.42 Å². The fourth-order valence-electron chi connectivity index (χ4n) is 1.70. The highest BCUT2D eigenvalue weighted by Crippen LogP contribution is 2.17. The molecule has 1 aromatic rings. The van der Waals surface area contributed by atoms with Crippen molar-refractivity contribution in [1.29, 1.82) is 0 Å². The van der Waals surface area contributed by atoms with Crippen molar-refractivity contribution in [2.24, 2.45) is 4.99 Å². The van der Waals surface area contributed by atoms with Gasteiger partial charge in [0.25, 0.3) is 0 Å². The Kier molecular flexibility index (Phi) is 7.77. The van der Waals surface area contributed by atoms with Gasteiger partial charge in [-0.3, -0.25) is 0 Å². The minimum Gasteiger partial charge on any atom is -0.357 e. The summed E-state index contributed by atoms with van der Waals surface area (Å²) in [6.45, 7) is 9.67. The highest BCUT2D eigenvalue weighted by Gasteiger charge is 2.06. The third kappa shape index (κ3) is 6.71. The van der Waals surface area contributed by atoms with E-state index in [0.717, 1.165) is 22.1 Å². The predicted molar refractivity (Wildman–Crippen MR) is 91.9 cm³/mol. The van der Waals surface area contributed by atoms with Crippen LogP contribution in [0.2, 0.25) is 0 Å². The van der Waals surface area contributed by atoms with Gasteiger partial charge in [0.15, 0.2) is 5.96 Å². The van der Waals surface area contributed by atoms with E-state index in [0.29, 0.717) is 25.6 Å². The summed E-state index contributed by atoms with van der Waals surface area (Å²) in [5, 5.41) is 7.28. The molecule has 9 heteroatoms. The number of hydrogen-bond donors (Lipinski definition) is 3. The van der Waals surface area contributed by atoms with E-state index in [1.165, 1.54) is 0 Å². The maximum Gasteiger partial charge on any atom is 0.211 e. The van der Waals surface area contributed by atoms with Crippen LogP contribution in [0, 0.1) is 13.8 Å². The number of nitrogens with one attached hydrogen (secondary N) is 3. The molecule has 0 bridgehead atoms. The van der Waals surface area contributed by atoms with Crippen molar-refractivity contribution in [3.63, 3.8) is 0 Å². The summed E-state index contributed by atoms with van der Waals surface area (Å²) >= 11 is 1.64. The molecule has 0 radical (unpaired) electrons. The third-order valence-corrected chi connectivity index (χ3v) is 5.31. The Morgan fingerprint density at radius 2 is 1.95 bits per heavy atom. The van der Waals surface area contributed by atoms with Crippen molar-refractivity contribution in [1.82, 2.24) is 20.3 Å². The van der Waals surface area contributed by atoms with Gasteiger partial charge in [0, 0.05) is 24.5 Å². The van der Waals surface area contributed by atoms with Crippen LogP contribution in [-0.4, -0.2) is 44.7 Å². The monoisotopic (exact) mass is 347 g/mol. The lowest BCUT2D eigenvalue weighted by molar-refractivity contribution is 0.582. The Labute approximate surface area is 136 Å². The van der Waals surface area contributed by atoms with Gasteiger partial charge in [-0.25, -0.2) is 23.1 Å². The smallest absolute Gasteiger partial charge is 0.211 e. The molecule has 0 saturated heterocycles. The van der Waals surface area contributed by atoms with Gasteiger partial charge >= 0.3 is 0 Å². The number of guanidine groups is 1. The molecule has 0 aliphatic heterocycles. The zero-order chi connectivity index (χ0) is 16.6. The second kappa shape index (κ2) is 9.06. The number of rotatable bonds is 8. The van der Waals surface area contributed by atoms with Crippen LogP contribution < -0.4 is 15.4 Å². The summed E-state index contributed by atoms with van der Waals surface area (Å²) < 4.78 is 25.2.